The highest BCUT2D eigenvalue weighted by atomic mass is 14.0. The van der Waals surface area contributed by atoms with Crippen LogP contribution in [0.5, 0.6) is 0 Å². The van der Waals surface area contributed by atoms with E-state index in [2.05, 4.69) is 127 Å². The van der Waals surface area contributed by atoms with Gasteiger partial charge in [-0.2, -0.15) is 0 Å². The lowest BCUT2D eigenvalue weighted by atomic mass is 10.0. The summed E-state index contributed by atoms with van der Waals surface area (Å²) in [6.45, 7) is 0. The average molecular weight is 384 g/mol. The SMILES string of the molecule is [c]1c(/C=C/c2ccccc2)ccc(/C=C/c2ccccc2)c1/C=C/c1ccccc1. The molecule has 143 valence electrons. The minimum absolute atomic E-state index is 1.06. The number of hydrogen-bond acceptors (Lipinski definition) is 0. The van der Waals surface area contributed by atoms with Crippen LogP contribution in [-0.4, -0.2) is 0 Å². The molecule has 0 fully saturated rings. The summed E-state index contributed by atoms with van der Waals surface area (Å²) in [5.74, 6) is 0. The summed E-state index contributed by atoms with van der Waals surface area (Å²) in [5.41, 5.74) is 6.81. The van der Waals surface area contributed by atoms with Crippen LogP contribution in [0.25, 0.3) is 36.5 Å². The molecule has 0 saturated carbocycles. The van der Waals surface area contributed by atoms with Gasteiger partial charge >= 0.3 is 0 Å². The molecule has 0 aliphatic rings. The van der Waals surface area contributed by atoms with Crippen molar-refractivity contribution in [2.24, 2.45) is 0 Å². The van der Waals surface area contributed by atoms with Crippen LogP contribution < -0.4 is 0 Å². The molecule has 0 spiro atoms. The summed E-state index contributed by atoms with van der Waals surface area (Å²) < 4.78 is 0. The maximum Gasteiger partial charge on any atom is -0.00206 e. The van der Waals surface area contributed by atoms with Gasteiger partial charge in [0.25, 0.3) is 0 Å². The fourth-order valence-corrected chi connectivity index (χ4v) is 3.16. The van der Waals surface area contributed by atoms with Crippen molar-refractivity contribution in [3.05, 3.63) is 143 Å². The predicted molar refractivity (Wildman–Crippen MR) is 131 cm³/mol. The summed E-state index contributed by atoms with van der Waals surface area (Å²) in [5, 5.41) is 0. The lowest BCUT2D eigenvalue weighted by molar-refractivity contribution is 1.56. The van der Waals surface area contributed by atoms with Gasteiger partial charge in [-0.25, -0.2) is 0 Å². The zero-order valence-corrected chi connectivity index (χ0v) is 16.8. The van der Waals surface area contributed by atoms with Crippen molar-refractivity contribution in [1.82, 2.24) is 0 Å². The summed E-state index contributed by atoms with van der Waals surface area (Å²) in [4.78, 5) is 0. The van der Waals surface area contributed by atoms with E-state index in [0.29, 0.717) is 0 Å². The lowest BCUT2D eigenvalue weighted by Crippen LogP contribution is -1.84. The van der Waals surface area contributed by atoms with Crippen molar-refractivity contribution in [2.45, 2.75) is 0 Å². The second-order valence-corrected chi connectivity index (χ2v) is 7.01. The first-order valence-corrected chi connectivity index (χ1v) is 10.1. The number of benzene rings is 4. The Morgan fingerprint density at radius 2 is 0.867 bits per heavy atom. The van der Waals surface area contributed by atoms with Gasteiger partial charge in [0.1, 0.15) is 0 Å². The van der Waals surface area contributed by atoms with Crippen LogP contribution >= 0.6 is 0 Å². The van der Waals surface area contributed by atoms with Crippen molar-refractivity contribution in [2.75, 3.05) is 0 Å². The predicted octanol–water partition coefficient (Wildman–Crippen LogP) is 8.00. The summed E-state index contributed by atoms with van der Waals surface area (Å²) >= 11 is 0. The monoisotopic (exact) mass is 383 g/mol. The molecule has 0 saturated heterocycles. The first-order chi connectivity index (χ1) is 14.9. The Labute approximate surface area is 179 Å². The summed E-state index contributed by atoms with van der Waals surface area (Å²) in [6, 6.07) is 38.9. The third kappa shape index (κ3) is 5.56. The Morgan fingerprint density at radius 3 is 1.40 bits per heavy atom. The topological polar surface area (TPSA) is 0 Å². The molecule has 0 aliphatic heterocycles. The molecule has 0 amide bonds. The third-order valence-corrected chi connectivity index (χ3v) is 4.78. The highest BCUT2D eigenvalue weighted by Crippen LogP contribution is 2.20. The molecule has 0 heteroatoms. The fraction of sp³-hybridized carbons (Fsp3) is 0. The highest BCUT2D eigenvalue weighted by molar-refractivity contribution is 5.81. The number of rotatable bonds is 6. The molecule has 4 aromatic carbocycles. The molecule has 4 aromatic rings. The molecular formula is C30H23. The Balaban J connectivity index is 1.65. The van der Waals surface area contributed by atoms with Crippen molar-refractivity contribution in [3.63, 3.8) is 0 Å². The van der Waals surface area contributed by atoms with Gasteiger partial charge in [-0.1, -0.05) is 140 Å². The minimum Gasteiger partial charge on any atom is -0.0622 e. The van der Waals surface area contributed by atoms with E-state index in [9.17, 15) is 0 Å². The van der Waals surface area contributed by atoms with Crippen LogP contribution in [0, 0.1) is 6.07 Å². The van der Waals surface area contributed by atoms with Gasteiger partial charge in [0.2, 0.25) is 0 Å². The van der Waals surface area contributed by atoms with Crippen LogP contribution in [0.3, 0.4) is 0 Å². The molecule has 0 unspecified atom stereocenters. The molecule has 0 nitrogen and oxygen atoms in total. The lowest BCUT2D eigenvalue weighted by Gasteiger charge is -2.04. The second kappa shape index (κ2) is 10.0. The van der Waals surface area contributed by atoms with E-state index in [-0.39, 0.29) is 0 Å². The maximum absolute atomic E-state index is 3.56. The molecular weight excluding hydrogens is 360 g/mol. The van der Waals surface area contributed by atoms with Gasteiger partial charge in [0.05, 0.1) is 0 Å². The van der Waals surface area contributed by atoms with Crippen LogP contribution in [0.1, 0.15) is 33.4 Å². The molecule has 0 atom stereocenters. The van der Waals surface area contributed by atoms with Crippen molar-refractivity contribution in [1.29, 1.82) is 0 Å². The van der Waals surface area contributed by atoms with Crippen molar-refractivity contribution >= 4 is 36.5 Å². The Kier molecular flexibility index (Phi) is 6.50. The Morgan fingerprint density at radius 1 is 0.400 bits per heavy atom. The fourth-order valence-electron chi connectivity index (χ4n) is 3.16. The molecule has 1 radical (unpaired) electrons. The van der Waals surface area contributed by atoms with Gasteiger partial charge in [0.15, 0.2) is 0 Å². The van der Waals surface area contributed by atoms with Crippen molar-refractivity contribution in [3.8, 4) is 0 Å². The van der Waals surface area contributed by atoms with Crippen LogP contribution in [0.4, 0.5) is 0 Å². The van der Waals surface area contributed by atoms with E-state index in [1.807, 2.05) is 18.2 Å². The second-order valence-electron chi connectivity index (χ2n) is 7.01. The van der Waals surface area contributed by atoms with Gasteiger partial charge < -0.3 is 0 Å². The van der Waals surface area contributed by atoms with Gasteiger partial charge in [-0.3, -0.25) is 0 Å². The van der Waals surface area contributed by atoms with Crippen LogP contribution in [-0.2, 0) is 0 Å². The van der Waals surface area contributed by atoms with Crippen LogP contribution in [0.15, 0.2) is 103 Å². The van der Waals surface area contributed by atoms with E-state index in [4.69, 9.17) is 0 Å². The first-order valence-electron chi connectivity index (χ1n) is 10.1. The zero-order chi connectivity index (χ0) is 20.4. The summed E-state index contributed by atoms with van der Waals surface area (Å²) in [7, 11) is 0. The molecule has 0 heterocycles. The molecule has 30 heavy (non-hydrogen) atoms. The van der Waals surface area contributed by atoms with Crippen LogP contribution in [0.2, 0.25) is 0 Å². The smallest absolute Gasteiger partial charge is 0.00206 e. The van der Waals surface area contributed by atoms with Gasteiger partial charge in [-0.05, 0) is 39.4 Å². The van der Waals surface area contributed by atoms with E-state index in [0.717, 1.165) is 16.7 Å². The molecule has 4 rings (SSSR count). The molecule has 0 bridgehead atoms. The molecule has 0 N–H and O–H groups in total. The summed E-state index contributed by atoms with van der Waals surface area (Å²) in [6.07, 6.45) is 12.8. The van der Waals surface area contributed by atoms with E-state index >= 15 is 0 Å². The quantitative estimate of drug-likeness (QED) is 0.296. The van der Waals surface area contributed by atoms with E-state index in [1.54, 1.807) is 0 Å². The van der Waals surface area contributed by atoms with E-state index < -0.39 is 0 Å². The van der Waals surface area contributed by atoms with Gasteiger partial charge in [-0.15, -0.1) is 0 Å². The standard InChI is InChI=1S/C30H23/c1-4-10-25(11-5-1)16-17-28-20-22-29(21-18-26-12-6-2-7-13-26)30(24-28)23-19-27-14-8-3-9-15-27/h1-23H/b17-16+,21-18+,23-19+. The Hall–Kier alpha value is -3.90. The van der Waals surface area contributed by atoms with E-state index in [1.165, 1.54) is 16.7 Å². The minimum atomic E-state index is 1.06. The third-order valence-electron chi connectivity index (χ3n) is 4.78. The number of hydrogen-bond donors (Lipinski definition) is 0. The Bertz CT molecular complexity index is 1150. The average Bonchev–Trinajstić information content (AvgIpc) is 2.82. The maximum atomic E-state index is 3.56. The highest BCUT2D eigenvalue weighted by Gasteiger charge is 1.99. The normalized spacial score (nSPS) is 11.6. The van der Waals surface area contributed by atoms with Crippen molar-refractivity contribution < 1.29 is 0 Å². The molecule has 0 aromatic heterocycles. The zero-order valence-electron chi connectivity index (χ0n) is 16.8. The van der Waals surface area contributed by atoms with Gasteiger partial charge in [0, 0.05) is 0 Å². The molecule has 0 aliphatic carbocycles. The largest absolute Gasteiger partial charge is 0.0622 e. The first kappa shape index (κ1) is 19.4.